The molecule has 3 N–H and O–H groups in total. The van der Waals surface area contributed by atoms with Crippen LogP contribution in [0.25, 0.3) is 0 Å². The third-order valence-corrected chi connectivity index (χ3v) is 2.32. The van der Waals surface area contributed by atoms with E-state index in [1.807, 2.05) is 13.8 Å². The lowest BCUT2D eigenvalue weighted by atomic mass is 10.2. The van der Waals surface area contributed by atoms with E-state index >= 15 is 0 Å². The van der Waals surface area contributed by atoms with Gasteiger partial charge in [-0.25, -0.2) is 4.98 Å². The quantitative estimate of drug-likeness (QED) is 0.823. The number of anilines is 2. The molecule has 0 amide bonds. The van der Waals surface area contributed by atoms with E-state index in [-0.39, 0.29) is 5.92 Å². The first-order valence-corrected chi connectivity index (χ1v) is 5.91. The zero-order chi connectivity index (χ0) is 13.0. The molecular weight excluding hydrogens is 216 g/mol. The van der Waals surface area contributed by atoms with Crippen LogP contribution in [0.15, 0.2) is 0 Å². The van der Waals surface area contributed by atoms with Gasteiger partial charge in [0.1, 0.15) is 11.5 Å². The van der Waals surface area contributed by atoms with Gasteiger partial charge in [-0.1, -0.05) is 27.7 Å². The van der Waals surface area contributed by atoms with Crippen LogP contribution < -0.4 is 15.8 Å². The Morgan fingerprint density at radius 1 is 1.24 bits per heavy atom. The van der Waals surface area contributed by atoms with E-state index in [0.29, 0.717) is 23.3 Å². The molecule has 5 heteroatoms. The lowest BCUT2D eigenvalue weighted by molar-refractivity contribution is 0.396. The van der Waals surface area contributed by atoms with E-state index in [0.717, 1.165) is 12.4 Å². The zero-order valence-electron chi connectivity index (χ0n) is 11.2. The number of nitrogens with two attached hydrogens (primary N) is 1. The summed E-state index contributed by atoms with van der Waals surface area (Å²) in [5, 5.41) is 3.23. The van der Waals surface area contributed by atoms with Crippen LogP contribution in [-0.2, 0) is 0 Å². The molecule has 0 radical (unpaired) electrons. The number of hydrogen-bond acceptors (Lipinski definition) is 5. The van der Waals surface area contributed by atoms with Gasteiger partial charge in [-0.05, 0) is 5.92 Å². The highest BCUT2D eigenvalue weighted by Crippen LogP contribution is 2.27. The van der Waals surface area contributed by atoms with Crippen molar-refractivity contribution in [3.05, 3.63) is 5.82 Å². The molecule has 1 rings (SSSR count). The van der Waals surface area contributed by atoms with Gasteiger partial charge in [0.15, 0.2) is 5.82 Å². The first kappa shape index (κ1) is 13.5. The van der Waals surface area contributed by atoms with Crippen LogP contribution in [0.3, 0.4) is 0 Å². The predicted molar refractivity (Wildman–Crippen MR) is 70.4 cm³/mol. The van der Waals surface area contributed by atoms with Crippen molar-refractivity contribution in [2.24, 2.45) is 5.92 Å². The summed E-state index contributed by atoms with van der Waals surface area (Å²) in [6, 6.07) is 0. The van der Waals surface area contributed by atoms with Crippen LogP contribution in [0, 0.1) is 5.92 Å². The summed E-state index contributed by atoms with van der Waals surface area (Å²) in [4.78, 5) is 8.70. The van der Waals surface area contributed by atoms with Gasteiger partial charge in [0.2, 0.25) is 5.88 Å². The third kappa shape index (κ3) is 3.47. The Bertz CT molecular complexity index is 377. The average Bonchev–Trinajstić information content (AvgIpc) is 2.27. The van der Waals surface area contributed by atoms with Gasteiger partial charge in [0, 0.05) is 12.5 Å². The van der Waals surface area contributed by atoms with Crippen molar-refractivity contribution < 1.29 is 4.74 Å². The molecule has 1 aromatic rings. The average molecular weight is 238 g/mol. The van der Waals surface area contributed by atoms with Crippen LogP contribution in [0.5, 0.6) is 5.88 Å². The molecule has 0 aliphatic rings. The van der Waals surface area contributed by atoms with Crippen LogP contribution in [0.1, 0.15) is 39.4 Å². The summed E-state index contributed by atoms with van der Waals surface area (Å²) in [7, 11) is 1.56. The fourth-order valence-electron chi connectivity index (χ4n) is 1.31. The summed E-state index contributed by atoms with van der Waals surface area (Å²) in [5.41, 5.74) is 6.41. The SMILES string of the molecule is COc1nc(C(C)C)nc(NCC(C)C)c1N. The molecule has 0 aliphatic heterocycles. The van der Waals surface area contributed by atoms with Crippen molar-refractivity contribution in [3.8, 4) is 5.88 Å². The van der Waals surface area contributed by atoms with Gasteiger partial charge in [0.05, 0.1) is 7.11 Å². The van der Waals surface area contributed by atoms with Gasteiger partial charge in [-0.15, -0.1) is 0 Å². The van der Waals surface area contributed by atoms with Crippen LogP contribution in [0.2, 0.25) is 0 Å². The number of nitrogens with one attached hydrogen (secondary N) is 1. The molecule has 0 saturated carbocycles. The first-order valence-electron chi connectivity index (χ1n) is 5.91. The second-order valence-electron chi connectivity index (χ2n) is 4.78. The van der Waals surface area contributed by atoms with Crippen molar-refractivity contribution in [1.82, 2.24) is 9.97 Å². The monoisotopic (exact) mass is 238 g/mol. The molecule has 1 heterocycles. The fourth-order valence-corrected chi connectivity index (χ4v) is 1.31. The Balaban J connectivity index is 3.04. The highest BCUT2D eigenvalue weighted by Gasteiger charge is 2.14. The van der Waals surface area contributed by atoms with Gasteiger partial charge in [-0.3, -0.25) is 0 Å². The highest BCUT2D eigenvalue weighted by atomic mass is 16.5. The molecule has 0 spiro atoms. The molecule has 0 aromatic carbocycles. The van der Waals surface area contributed by atoms with E-state index in [1.54, 1.807) is 7.11 Å². The van der Waals surface area contributed by atoms with Crippen LogP contribution >= 0.6 is 0 Å². The van der Waals surface area contributed by atoms with E-state index in [9.17, 15) is 0 Å². The lowest BCUT2D eigenvalue weighted by Gasteiger charge is -2.15. The van der Waals surface area contributed by atoms with Crippen molar-refractivity contribution in [2.75, 3.05) is 24.7 Å². The summed E-state index contributed by atoms with van der Waals surface area (Å²) < 4.78 is 5.17. The largest absolute Gasteiger partial charge is 0.479 e. The summed E-state index contributed by atoms with van der Waals surface area (Å²) in [6.07, 6.45) is 0. The van der Waals surface area contributed by atoms with E-state index in [1.165, 1.54) is 0 Å². The number of ether oxygens (including phenoxy) is 1. The second-order valence-corrected chi connectivity index (χ2v) is 4.78. The fraction of sp³-hybridized carbons (Fsp3) is 0.667. The van der Waals surface area contributed by atoms with Gasteiger partial charge in [0.25, 0.3) is 0 Å². The Morgan fingerprint density at radius 3 is 2.35 bits per heavy atom. The van der Waals surface area contributed by atoms with Gasteiger partial charge < -0.3 is 15.8 Å². The lowest BCUT2D eigenvalue weighted by Crippen LogP contribution is -2.14. The Hall–Kier alpha value is -1.52. The maximum atomic E-state index is 5.94. The van der Waals surface area contributed by atoms with Crippen LogP contribution in [-0.4, -0.2) is 23.6 Å². The number of hydrogen-bond donors (Lipinski definition) is 2. The molecule has 96 valence electrons. The zero-order valence-corrected chi connectivity index (χ0v) is 11.2. The van der Waals surface area contributed by atoms with E-state index < -0.39 is 0 Å². The number of nitrogens with zero attached hydrogens (tertiary/aromatic N) is 2. The molecule has 0 unspecified atom stereocenters. The van der Waals surface area contributed by atoms with Crippen molar-refractivity contribution in [3.63, 3.8) is 0 Å². The summed E-state index contributed by atoms with van der Waals surface area (Å²) in [6.45, 7) is 9.16. The number of nitrogen functional groups attached to an aromatic ring is 1. The molecule has 0 saturated heterocycles. The predicted octanol–water partition coefficient (Wildman–Crippen LogP) is 2.26. The minimum atomic E-state index is 0.240. The molecule has 1 aromatic heterocycles. The van der Waals surface area contributed by atoms with E-state index in [2.05, 4.69) is 29.1 Å². The minimum absolute atomic E-state index is 0.240. The van der Waals surface area contributed by atoms with Crippen molar-refractivity contribution in [1.29, 1.82) is 0 Å². The molecule has 0 aliphatic carbocycles. The second kappa shape index (κ2) is 5.70. The molecular formula is C12H22N4O. The molecule has 5 nitrogen and oxygen atoms in total. The first-order chi connectivity index (χ1) is 7.95. The Labute approximate surface area is 103 Å². The third-order valence-electron chi connectivity index (χ3n) is 2.32. The maximum absolute atomic E-state index is 5.94. The minimum Gasteiger partial charge on any atom is -0.479 e. The molecule has 0 atom stereocenters. The van der Waals surface area contributed by atoms with E-state index in [4.69, 9.17) is 10.5 Å². The summed E-state index contributed by atoms with van der Waals surface area (Å²) >= 11 is 0. The standard InChI is InChI=1S/C12H22N4O/c1-7(2)6-14-11-9(13)12(17-5)16-10(15-11)8(3)4/h7-8H,6,13H2,1-5H3,(H,14,15,16). The summed E-state index contributed by atoms with van der Waals surface area (Å²) in [5.74, 6) is 2.61. The Morgan fingerprint density at radius 2 is 1.88 bits per heavy atom. The van der Waals surface area contributed by atoms with Crippen molar-refractivity contribution in [2.45, 2.75) is 33.6 Å². The van der Waals surface area contributed by atoms with Crippen LogP contribution in [0.4, 0.5) is 11.5 Å². The van der Waals surface area contributed by atoms with Gasteiger partial charge >= 0.3 is 0 Å². The number of methoxy groups -OCH3 is 1. The molecule has 0 fully saturated rings. The maximum Gasteiger partial charge on any atom is 0.242 e. The topological polar surface area (TPSA) is 73.1 Å². The number of aromatic nitrogens is 2. The van der Waals surface area contributed by atoms with Crippen molar-refractivity contribution >= 4 is 11.5 Å². The van der Waals surface area contributed by atoms with Gasteiger partial charge in [-0.2, -0.15) is 4.98 Å². The normalized spacial score (nSPS) is 11.0. The molecule has 17 heavy (non-hydrogen) atoms. The number of rotatable bonds is 5. The molecule has 0 bridgehead atoms. The Kier molecular flexibility index (Phi) is 4.54. The smallest absolute Gasteiger partial charge is 0.242 e. The highest BCUT2D eigenvalue weighted by molar-refractivity contribution is 5.67.